The van der Waals surface area contributed by atoms with Crippen molar-refractivity contribution in [2.24, 2.45) is 22.7 Å². The van der Waals surface area contributed by atoms with Crippen molar-refractivity contribution in [3.05, 3.63) is 0 Å². The Bertz CT molecular complexity index is 221. The normalized spacial score (nSPS) is 45.4. The highest BCUT2D eigenvalue weighted by atomic mass is 14.8. The van der Waals surface area contributed by atoms with Crippen molar-refractivity contribution in [3.63, 3.8) is 0 Å². The lowest BCUT2D eigenvalue weighted by Crippen LogP contribution is -2.31. The fourth-order valence-electron chi connectivity index (χ4n) is 4.24. The molecule has 3 atom stereocenters. The second-order valence-corrected chi connectivity index (χ2v) is 6.68. The maximum atomic E-state index is 3.34. The maximum Gasteiger partial charge on any atom is -0.00180 e. The van der Waals surface area contributed by atoms with Crippen LogP contribution in [0.15, 0.2) is 0 Å². The molecule has 1 spiro atoms. The molecule has 2 fully saturated rings. The van der Waals surface area contributed by atoms with Crippen LogP contribution in [0.25, 0.3) is 0 Å². The van der Waals surface area contributed by atoms with E-state index in [4.69, 9.17) is 0 Å². The van der Waals surface area contributed by atoms with Gasteiger partial charge in [-0.15, -0.1) is 0 Å². The molecule has 0 radical (unpaired) electrons. The predicted octanol–water partition coefficient (Wildman–Crippen LogP) is 3.06. The van der Waals surface area contributed by atoms with Gasteiger partial charge in [0.2, 0.25) is 0 Å². The Morgan fingerprint density at radius 2 is 1.93 bits per heavy atom. The second kappa shape index (κ2) is 3.23. The van der Waals surface area contributed by atoms with Gasteiger partial charge >= 0.3 is 0 Å². The molecule has 82 valence electrons. The van der Waals surface area contributed by atoms with Crippen LogP contribution in [-0.2, 0) is 0 Å². The molecule has 0 aromatic carbocycles. The zero-order valence-electron chi connectivity index (χ0n) is 10.2. The molecule has 0 aliphatic heterocycles. The second-order valence-electron chi connectivity index (χ2n) is 6.68. The SMILES string of the molecule is CNCC1CC12CC(C)CC(C)(C)C2. The number of rotatable bonds is 2. The van der Waals surface area contributed by atoms with Gasteiger partial charge in [-0.1, -0.05) is 20.8 Å². The van der Waals surface area contributed by atoms with Crippen molar-refractivity contribution < 1.29 is 0 Å². The van der Waals surface area contributed by atoms with Gasteiger partial charge in [-0.05, 0) is 61.9 Å². The van der Waals surface area contributed by atoms with Crippen LogP contribution in [0, 0.1) is 22.7 Å². The van der Waals surface area contributed by atoms with E-state index in [1.54, 1.807) is 0 Å². The van der Waals surface area contributed by atoms with E-state index in [1.165, 1.54) is 32.2 Å². The lowest BCUT2D eigenvalue weighted by Gasteiger charge is -2.40. The molecule has 2 aliphatic rings. The summed E-state index contributed by atoms with van der Waals surface area (Å²) in [5, 5.41) is 3.34. The molecule has 1 N–H and O–H groups in total. The summed E-state index contributed by atoms with van der Waals surface area (Å²) in [5.74, 6) is 1.93. The minimum atomic E-state index is 0.597. The third kappa shape index (κ3) is 1.84. The van der Waals surface area contributed by atoms with Crippen LogP contribution < -0.4 is 5.32 Å². The molecule has 1 heteroatoms. The molecule has 1 nitrogen and oxygen atoms in total. The van der Waals surface area contributed by atoms with Crippen molar-refractivity contribution in [1.82, 2.24) is 5.32 Å². The molecular formula is C13H25N. The number of hydrogen-bond acceptors (Lipinski definition) is 1. The first-order valence-electron chi connectivity index (χ1n) is 6.12. The molecule has 3 unspecified atom stereocenters. The van der Waals surface area contributed by atoms with Gasteiger partial charge in [0, 0.05) is 0 Å². The molecule has 0 amide bonds. The summed E-state index contributed by atoms with van der Waals surface area (Å²) in [6.45, 7) is 8.60. The van der Waals surface area contributed by atoms with Gasteiger partial charge in [-0.3, -0.25) is 0 Å². The van der Waals surface area contributed by atoms with E-state index < -0.39 is 0 Å². The van der Waals surface area contributed by atoms with Crippen LogP contribution in [0.5, 0.6) is 0 Å². The Morgan fingerprint density at radius 3 is 2.50 bits per heavy atom. The molecule has 2 rings (SSSR count). The van der Waals surface area contributed by atoms with E-state index in [1.807, 2.05) is 0 Å². The topological polar surface area (TPSA) is 12.0 Å². The van der Waals surface area contributed by atoms with Gasteiger partial charge in [0.15, 0.2) is 0 Å². The molecule has 0 aromatic rings. The molecule has 2 aliphatic carbocycles. The van der Waals surface area contributed by atoms with Gasteiger partial charge in [-0.25, -0.2) is 0 Å². The maximum absolute atomic E-state index is 3.34. The smallest absolute Gasteiger partial charge is 0.00180 e. The molecule has 2 saturated carbocycles. The third-order valence-corrected chi connectivity index (χ3v) is 4.30. The summed E-state index contributed by atoms with van der Waals surface area (Å²) >= 11 is 0. The summed E-state index contributed by atoms with van der Waals surface area (Å²) < 4.78 is 0. The average Bonchev–Trinajstić information content (AvgIpc) is 2.57. The molecule has 0 aromatic heterocycles. The Labute approximate surface area is 88.7 Å². The largest absolute Gasteiger partial charge is 0.319 e. The van der Waals surface area contributed by atoms with E-state index >= 15 is 0 Å². The van der Waals surface area contributed by atoms with Gasteiger partial charge in [0.1, 0.15) is 0 Å². The van der Waals surface area contributed by atoms with Crippen LogP contribution in [0.2, 0.25) is 0 Å². The Kier molecular flexibility index (Phi) is 2.42. The average molecular weight is 195 g/mol. The molecule has 0 heterocycles. The van der Waals surface area contributed by atoms with Crippen LogP contribution in [-0.4, -0.2) is 13.6 Å². The summed E-state index contributed by atoms with van der Waals surface area (Å²) in [5.41, 5.74) is 1.34. The van der Waals surface area contributed by atoms with E-state index in [0.29, 0.717) is 5.41 Å². The van der Waals surface area contributed by atoms with Crippen LogP contribution in [0.3, 0.4) is 0 Å². The molecule has 0 bridgehead atoms. The quantitative estimate of drug-likeness (QED) is 0.714. The van der Waals surface area contributed by atoms with Gasteiger partial charge in [0.25, 0.3) is 0 Å². The monoisotopic (exact) mass is 195 g/mol. The predicted molar refractivity (Wildman–Crippen MR) is 61.3 cm³/mol. The van der Waals surface area contributed by atoms with Gasteiger partial charge in [-0.2, -0.15) is 0 Å². The highest BCUT2D eigenvalue weighted by Crippen LogP contribution is 2.65. The Morgan fingerprint density at radius 1 is 1.21 bits per heavy atom. The Balaban J connectivity index is 2.01. The third-order valence-electron chi connectivity index (χ3n) is 4.30. The first-order chi connectivity index (χ1) is 6.47. The fourth-order valence-corrected chi connectivity index (χ4v) is 4.24. The molecule has 14 heavy (non-hydrogen) atoms. The highest BCUT2D eigenvalue weighted by Gasteiger charge is 2.57. The number of hydrogen-bond donors (Lipinski definition) is 1. The molecular weight excluding hydrogens is 170 g/mol. The zero-order chi connectivity index (χ0) is 10.4. The van der Waals surface area contributed by atoms with Crippen molar-refractivity contribution in [2.45, 2.75) is 46.5 Å². The van der Waals surface area contributed by atoms with Crippen molar-refractivity contribution in [3.8, 4) is 0 Å². The summed E-state index contributed by atoms with van der Waals surface area (Å²) in [6.07, 6.45) is 5.88. The standard InChI is InChI=1S/C13H25N/c1-10-5-12(2,3)9-13(6-10)7-11(13)8-14-4/h10-11,14H,5-9H2,1-4H3. The summed E-state index contributed by atoms with van der Waals surface area (Å²) in [4.78, 5) is 0. The van der Waals surface area contributed by atoms with Crippen LogP contribution in [0.1, 0.15) is 46.5 Å². The first-order valence-corrected chi connectivity index (χ1v) is 6.12. The summed E-state index contributed by atoms with van der Waals surface area (Å²) in [7, 11) is 2.09. The van der Waals surface area contributed by atoms with Crippen molar-refractivity contribution in [1.29, 1.82) is 0 Å². The van der Waals surface area contributed by atoms with Crippen molar-refractivity contribution >= 4 is 0 Å². The highest BCUT2D eigenvalue weighted by molar-refractivity contribution is 5.08. The lowest BCUT2D eigenvalue weighted by atomic mass is 9.65. The van der Waals surface area contributed by atoms with Crippen LogP contribution in [0.4, 0.5) is 0 Å². The first kappa shape index (κ1) is 10.5. The van der Waals surface area contributed by atoms with Crippen molar-refractivity contribution in [2.75, 3.05) is 13.6 Å². The van der Waals surface area contributed by atoms with E-state index in [2.05, 4.69) is 33.1 Å². The van der Waals surface area contributed by atoms with E-state index in [9.17, 15) is 0 Å². The van der Waals surface area contributed by atoms with Gasteiger partial charge < -0.3 is 5.32 Å². The van der Waals surface area contributed by atoms with E-state index in [0.717, 1.165) is 17.3 Å². The zero-order valence-corrected chi connectivity index (χ0v) is 10.2. The fraction of sp³-hybridized carbons (Fsp3) is 1.00. The molecule has 0 saturated heterocycles. The van der Waals surface area contributed by atoms with E-state index in [-0.39, 0.29) is 0 Å². The van der Waals surface area contributed by atoms with Gasteiger partial charge in [0.05, 0.1) is 0 Å². The number of nitrogens with one attached hydrogen (secondary N) is 1. The Hall–Kier alpha value is -0.0400. The summed E-state index contributed by atoms with van der Waals surface area (Å²) in [6, 6.07) is 0. The van der Waals surface area contributed by atoms with Crippen LogP contribution >= 0.6 is 0 Å². The minimum absolute atomic E-state index is 0.597. The lowest BCUT2D eigenvalue weighted by molar-refractivity contribution is 0.108. The minimum Gasteiger partial charge on any atom is -0.319 e.